The summed E-state index contributed by atoms with van der Waals surface area (Å²) in [5, 5.41) is 8.73. The van der Waals surface area contributed by atoms with E-state index in [0.717, 1.165) is 18.2 Å². The van der Waals surface area contributed by atoms with Crippen molar-refractivity contribution in [3.8, 4) is 11.5 Å². The predicted octanol–water partition coefficient (Wildman–Crippen LogP) is 6.20. The lowest BCUT2D eigenvalue weighted by atomic mass is 9.96. The van der Waals surface area contributed by atoms with Crippen molar-refractivity contribution in [2.75, 3.05) is 17.4 Å². The number of alkyl halides is 6. The van der Waals surface area contributed by atoms with E-state index >= 15 is 0 Å². The molecule has 0 aliphatic carbocycles. The molecule has 5 rings (SSSR count). The summed E-state index contributed by atoms with van der Waals surface area (Å²) in [5.74, 6) is -0.249. The SMILES string of the molecule is O=C(Nc1cc(C(F)(F)F)ccc1Cl)c1cc2n(n1)[C@@H](C(F)(F)F)C[C@@H](c1ccc3c(c1)OCO3)N2. The Balaban J connectivity index is 1.44. The number of amides is 1. The molecule has 1 amide bonds. The minimum atomic E-state index is -4.70. The first-order valence-electron chi connectivity index (χ1n) is 10.4. The molecular weight excluding hydrogens is 518 g/mol. The predicted molar refractivity (Wildman–Crippen MR) is 115 cm³/mol. The number of halogens is 7. The molecule has 2 N–H and O–H groups in total. The maximum atomic E-state index is 13.9. The Bertz CT molecular complexity index is 1340. The van der Waals surface area contributed by atoms with Crippen LogP contribution >= 0.6 is 11.6 Å². The third-order valence-electron chi connectivity index (χ3n) is 5.76. The second kappa shape index (κ2) is 8.50. The van der Waals surface area contributed by atoms with Crippen LogP contribution in [0.4, 0.5) is 37.8 Å². The highest BCUT2D eigenvalue weighted by Gasteiger charge is 2.47. The van der Waals surface area contributed by atoms with Gasteiger partial charge in [-0.3, -0.25) is 4.79 Å². The second-order valence-corrected chi connectivity index (χ2v) is 8.52. The van der Waals surface area contributed by atoms with Crippen molar-refractivity contribution >= 4 is 29.0 Å². The van der Waals surface area contributed by atoms with Crippen LogP contribution < -0.4 is 20.1 Å². The van der Waals surface area contributed by atoms with E-state index in [2.05, 4.69) is 15.7 Å². The summed E-state index contributed by atoms with van der Waals surface area (Å²) in [7, 11) is 0. The monoisotopic (exact) mass is 532 g/mol. The standard InChI is InChI=1S/C22H15ClF6N4O3/c23-12-3-2-11(21(24,25)26)6-14(12)31-20(34)15-8-19-30-13(7-18(22(27,28)29)33(19)32-15)10-1-4-16-17(5-10)36-9-35-16/h1-6,8,13,18,30H,7,9H2,(H,31,34)/t13-,18+/m0/s1. The average Bonchev–Trinajstić information content (AvgIpc) is 3.44. The van der Waals surface area contributed by atoms with Crippen LogP contribution in [0.2, 0.25) is 5.02 Å². The molecular formula is C22H15ClF6N4O3. The van der Waals surface area contributed by atoms with Gasteiger partial charge in [0, 0.05) is 12.5 Å². The van der Waals surface area contributed by atoms with E-state index in [9.17, 15) is 31.1 Å². The fourth-order valence-corrected chi connectivity index (χ4v) is 4.18. The van der Waals surface area contributed by atoms with Crippen LogP contribution in [0.25, 0.3) is 0 Å². The van der Waals surface area contributed by atoms with Crippen LogP contribution in [0, 0.1) is 0 Å². The summed E-state index contributed by atoms with van der Waals surface area (Å²) >= 11 is 5.90. The molecule has 0 radical (unpaired) electrons. The van der Waals surface area contributed by atoms with Gasteiger partial charge in [-0.1, -0.05) is 17.7 Å². The number of rotatable bonds is 3. The molecule has 3 heterocycles. The first kappa shape index (κ1) is 24.1. The molecule has 0 unspecified atom stereocenters. The van der Waals surface area contributed by atoms with Gasteiger partial charge in [-0.2, -0.15) is 31.4 Å². The van der Waals surface area contributed by atoms with Crippen LogP contribution in [-0.2, 0) is 6.18 Å². The molecule has 2 aromatic carbocycles. The number of hydrogen-bond donors (Lipinski definition) is 2. The Kier molecular flexibility index (Phi) is 5.69. The van der Waals surface area contributed by atoms with E-state index in [1.54, 1.807) is 18.2 Å². The number of fused-ring (bicyclic) bond motifs is 2. The van der Waals surface area contributed by atoms with Crippen molar-refractivity contribution < 1.29 is 40.6 Å². The van der Waals surface area contributed by atoms with Crippen molar-refractivity contribution in [1.29, 1.82) is 0 Å². The van der Waals surface area contributed by atoms with Gasteiger partial charge in [-0.25, -0.2) is 4.68 Å². The van der Waals surface area contributed by atoms with Crippen LogP contribution in [0.15, 0.2) is 42.5 Å². The smallest absolute Gasteiger partial charge is 0.416 e. The highest BCUT2D eigenvalue weighted by atomic mass is 35.5. The van der Waals surface area contributed by atoms with Crippen LogP contribution in [-0.4, -0.2) is 28.7 Å². The van der Waals surface area contributed by atoms with E-state index in [-0.39, 0.29) is 23.3 Å². The van der Waals surface area contributed by atoms with E-state index in [1.165, 1.54) is 0 Å². The first-order valence-corrected chi connectivity index (χ1v) is 10.8. The normalized spacial score (nSPS) is 19.0. The average molecular weight is 533 g/mol. The van der Waals surface area contributed by atoms with Crippen molar-refractivity contribution in [3.05, 3.63) is 64.3 Å². The van der Waals surface area contributed by atoms with Gasteiger partial charge < -0.3 is 20.1 Å². The van der Waals surface area contributed by atoms with Crippen molar-refractivity contribution in [2.24, 2.45) is 0 Å². The van der Waals surface area contributed by atoms with E-state index in [4.69, 9.17) is 21.1 Å². The topological polar surface area (TPSA) is 77.4 Å². The number of ether oxygens (including phenoxy) is 2. The molecule has 0 spiro atoms. The highest BCUT2D eigenvalue weighted by Crippen LogP contribution is 2.45. The molecule has 14 heteroatoms. The Morgan fingerprint density at radius 3 is 2.53 bits per heavy atom. The van der Waals surface area contributed by atoms with Gasteiger partial charge in [0.1, 0.15) is 5.82 Å². The van der Waals surface area contributed by atoms with Crippen molar-refractivity contribution in [1.82, 2.24) is 9.78 Å². The largest absolute Gasteiger partial charge is 0.454 e. The number of nitrogens with one attached hydrogen (secondary N) is 2. The van der Waals surface area contributed by atoms with E-state index in [1.807, 2.05) is 0 Å². The van der Waals surface area contributed by atoms with Crippen molar-refractivity contribution in [3.63, 3.8) is 0 Å². The quantitative estimate of drug-likeness (QED) is 0.393. The summed E-state index contributed by atoms with van der Waals surface area (Å²) in [4.78, 5) is 12.7. The molecule has 2 atom stereocenters. The number of nitrogens with zero attached hydrogens (tertiary/aromatic N) is 2. The zero-order chi connectivity index (χ0) is 25.8. The Morgan fingerprint density at radius 1 is 1.06 bits per heavy atom. The van der Waals surface area contributed by atoms with Gasteiger partial charge in [0.15, 0.2) is 23.2 Å². The summed E-state index contributed by atoms with van der Waals surface area (Å²) in [6.07, 6.45) is -9.82. The molecule has 2 aliphatic rings. The molecule has 7 nitrogen and oxygen atoms in total. The van der Waals surface area contributed by atoms with Gasteiger partial charge in [-0.15, -0.1) is 0 Å². The minimum absolute atomic E-state index is 0.00317. The summed E-state index contributed by atoms with van der Waals surface area (Å²) in [5.41, 5.74) is -1.35. The molecule has 3 aromatic rings. The van der Waals surface area contributed by atoms with E-state index in [0.29, 0.717) is 27.8 Å². The molecule has 190 valence electrons. The maximum Gasteiger partial charge on any atom is 0.416 e. The summed E-state index contributed by atoms with van der Waals surface area (Å²) < 4.78 is 92.0. The molecule has 0 fully saturated rings. The molecule has 36 heavy (non-hydrogen) atoms. The zero-order valence-corrected chi connectivity index (χ0v) is 18.6. The lowest BCUT2D eigenvalue weighted by molar-refractivity contribution is -0.173. The Hall–Kier alpha value is -3.61. The number of hydrogen-bond acceptors (Lipinski definition) is 5. The van der Waals surface area contributed by atoms with Crippen LogP contribution in [0.5, 0.6) is 11.5 Å². The third-order valence-corrected chi connectivity index (χ3v) is 6.09. The fourth-order valence-electron chi connectivity index (χ4n) is 4.02. The summed E-state index contributed by atoms with van der Waals surface area (Å²) in [6.45, 7) is 0.00317. The molecule has 0 bridgehead atoms. The fraction of sp³-hybridized carbons (Fsp3) is 0.273. The van der Waals surface area contributed by atoms with Crippen molar-refractivity contribution in [2.45, 2.75) is 30.9 Å². The molecule has 0 saturated carbocycles. The summed E-state index contributed by atoms with van der Waals surface area (Å²) in [6, 6.07) is 5.31. The lowest BCUT2D eigenvalue weighted by Gasteiger charge is -2.33. The van der Waals surface area contributed by atoms with Crippen LogP contribution in [0.3, 0.4) is 0 Å². The van der Waals surface area contributed by atoms with Gasteiger partial charge in [0.05, 0.1) is 22.3 Å². The number of carbonyl (C=O) groups is 1. The van der Waals surface area contributed by atoms with Gasteiger partial charge >= 0.3 is 12.4 Å². The minimum Gasteiger partial charge on any atom is -0.454 e. The van der Waals surface area contributed by atoms with Gasteiger partial charge in [0.25, 0.3) is 5.91 Å². The Labute approximate surface area is 203 Å². The van der Waals surface area contributed by atoms with Crippen LogP contribution in [0.1, 0.15) is 40.1 Å². The highest BCUT2D eigenvalue weighted by molar-refractivity contribution is 6.33. The van der Waals surface area contributed by atoms with Gasteiger partial charge in [-0.05, 0) is 35.9 Å². The first-order chi connectivity index (χ1) is 16.9. The second-order valence-electron chi connectivity index (χ2n) is 8.11. The third kappa shape index (κ3) is 4.50. The molecule has 1 aromatic heterocycles. The Morgan fingerprint density at radius 2 is 1.81 bits per heavy atom. The number of benzene rings is 2. The van der Waals surface area contributed by atoms with Gasteiger partial charge in [0.2, 0.25) is 6.79 Å². The number of carbonyl (C=O) groups excluding carboxylic acids is 1. The maximum absolute atomic E-state index is 13.9. The van der Waals surface area contributed by atoms with E-state index < -0.39 is 48.0 Å². The number of anilines is 2. The number of aromatic nitrogens is 2. The lowest BCUT2D eigenvalue weighted by Crippen LogP contribution is -2.35. The molecule has 0 saturated heterocycles. The zero-order valence-electron chi connectivity index (χ0n) is 17.9. The molecule has 2 aliphatic heterocycles.